The summed E-state index contributed by atoms with van der Waals surface area (Å²) in [6.45, 7) is 0. The predicted molar refractivity (Wildman–Crippen MR) is 57.9 cm³/mol. The molecule has 15 heavy (non-hydrogen) atoms. The van der Waals surface area contributed by atoms with Crippen LogP contribution in [0.1, 0.15) is 46.6 Å². The van der Waals surface area contributed by atoms with E-state index >= 15 is 0 Å². The van der Waals surface area contributed by atoms with E-state index in [-0.39, 0.29) is 5.78 Å². The summed E-state index contributed by atoms with van der Waals surface area (Å²) in [5.74, 6) is 0.184. The summed E-state index contributed by atoms with van der Waals surface area (Å²) in [7, 11) is 0. The number of Topliss-reactive ketones (excluding diaryl/α,β-unsaturated/α-hetero) is 1. The normalized spacial score (nSPS) is 18.8. The Morgan fingerprint density at radius 1 is 1.00 bits per heavy atom. The van der Waals surface area contributed by atoms with Crippen LogP contribution in [0.25, 0.3) is 0 Å². The lowest BCUT2D eigenvalue weighted by Gasteiger charge is -2.18. The smallest absolute Gasteiger partial charge is 0.167 e. The highest BCUT2D eigenvalue weighted by molar-refractivity contribution is 6.05. The fraction of sp³-hybridized carbons (Fsp3) is 0.500. The number of fused-ring (bicyclic) bond motifs is 2. The van der Waals surface area contributed by atoms with E-state index in [1.807, 2.05) is 0 Å². The number of ketones is 1. The van der Waals surface area contributed by atoms with E-state index in [1.165, 1.54) is 12.8 Å². The second kappa shape index (κ2) is 3.05. The van der Waals surface area contributed by atoms with Gasteiger partial charge in [-0.1, -0.05) is 0 Å². The van der Waals surface area contributed by atoms with Gasteiger partial charge < -0.3 is 5.73 Å². The molecule has 0 fully saturated rings. The highest BCUT2D eigenvalue weighted by Crippen LogP contribution is 2.33. The maximum Gasteiger partial charge on any atom is 0.167 e. The summed E-state index contributed by atoms with van der Waals surface area (Å²) in [5, 5.41) is 0. The number of carbonyl (C=O) groups is 1. The van der Waals surface area contributed by atoms with Gasteiger partial charge in [0.2, 0.25) is 0 Å². The number of carbonyl (C=O) groups excluding carboxylic acids is 1. The number of hydrogen-bond donors (Lipinski definition) is 1. The van der Waals surface area contributed by atoms with Crippen molar-refractivity contribution >= 4 is 11.5 Å². The molecular formula is C12H14N2O. The maximum atomic E-state index is 11.7. The van der Waals surface area contributed by atoms with Crippen molar-refractivity contribution in [3.8, 4) is 0 Å². The minimum absolute atomic E-state index is 0.184. The van der Waals surface area contributed by atoms with Crippen molar-refractivity contribution in [2.45, 2.75) is 38.5 Å². The van der Waals surface area contributed by atoms with Crippen molar-refractivity contribution in [3.05, 3.63) is 22.5 Å². The zero-order valence-electron chi connectivity index (χ0n) is 8.68. The number of rotatable bonds is 0. The number of nitrogen functional groups attached to an aromatic ring is 1. The molecule has 78 valence electrons. The predicted octanol–water partition coefficient (Wildman–Crippen LogP) is 1.67. The molecule has 3 heteroatoms. The summed E-state index contributed by atoms with van der Waals surface area (Å²) in [4.78, 5) is 16.3. The third-order valence-electron chi connectivity index (χ3n) is 3.46. The number of pyridine rings is 1. The molecular weight excluding hydrogens is 188 g/mol. The van der Waals surface area contributed by atoms with Gasteiger partial charge in [-0.2, -0.15) is 0 Å². The number of nitrogens with zero attached hydrogens (tertiary/aromatic N) is 1. The molecule has 0 saturated carbocycles. The number of hydrogen-bond acceptors (Lipinski definition) is 3. The third kappa shape index (κ3) is 1.19. The van der Waals surface area contributed by atoms with E-state index in [1.54, 1.807) is 0 Å². The minimum atomic E-state index is 0.184. The first-order chi connectivity index (χ1) is 7.27. The molecule has 0 unspecified atom stereocenters. The van der Waals surface area contributed by atoms with Gasteiger partial charge in [0.1, 0.15) is 0 Å². The Balaban J connectivity index is 2.24. The topological polar surface area (TPSA) is 56.0 Å². The fourth-order valence-corrected chi connectivity index (χ4v) is 2.68. The van der Waals surface area contributed by atoms with Crippen LogP contribution in [0.15, 0.2) is 0 Å². The molecule has 1 heterocycles. The molecule has 1 aromatic heterocycles. The summed E-state index contributed by atoms with van der Waals surface area (Å²) >= 11 is 0. The van der Waals surface area contributed by atoms with Crippen LogP contribution in [0.5, 0.6) is 0 Å². The van der Waals surface area contributed by atoms with Gasteiger partial charge in [0.15, 0.2) is 5.78 Å². The maximum absolute atomic E-state index is 11.7. The monoisotopic (exact) mass is 202 g/mol. The standard InChI is InChI=1S/C12H14N2O/c13-12-7-3-1-2-4-8(7)14-9-5-6-10(15)11(9)12/h1-6H2,(H2,13,14). The van der Waals surface area contributed by atoms with Gasteiger partial charge in [-0.3, -0.25) is 9.78 Å². The summed E-state index contributed by atoms with van der Waals surface area (Å²) < 4.78 is 0. The van der Waals surface area contributed by atoms with Crippen LogP contribution in [0.4, 0.5) is 5.69 Å². The van der Waals surface area contributed by atoms with Crippen molar-refractivity contribution in [2.75, 3.05) is 5.73 Å². The largest absolute Gasteiger partial charge is 0.398 e. The molecule has 3 rings (SSSR count). The number of anilines is 1. The highest BCUT2D eigenvalue weighted by Gasteiger charge is 2.27. The Kier molecular flexibility index (Phi) is 1.81. The first-order valence-electron chi connectivity index (χ1n) is 5.60. The second-order valence-corrected chi connectivity index (χ2v) is 4.40. The molecule has 0 amide bonds. The van der Waals surface area contributed by atoms with E-state index in [9.17, 15) is 4.79 Å². The van der Waals surface area contributed by atoms with Gasteiger partial charge in [-0.15, -0.1) is 0 Å². The lowest BCUT2D eigenvalue weighted by molar-refractivity contribution is 0.0995. The molecule has 3 nitrogen and oxygen atoms in total. The molecule has 0 bridgehead atoms. The van der Waals surface area contributed by atoms with Gasteiger partial charge >= 0.3 is 0 Å². The number of aryl methyl sites for hydroxylation is 2. The van der Waals surface area contributed by atoms with Crippen LogP contribution in [0.3, 0.4) is 0 Å². The molecule has 0 spiro atoms. The van der Waals surface area contributed by atoms with E-state index in [0.29, 0.717) is 6.42 Å². The fourth-order valence-electron chi connectivity index (χ4n) is 2.68. The van der Waals surface area contributed by atoms with Crippen LogP contribution >= 0.6 is 0 Å². The number of nitrogens with two attached hydrogens (primary N) is 1. The zero-order chi connectivity index (χ0) is 10.4. The molecule has 2 N–H and O–H groups in total. The van der Waals surface area contributed by atoms with Crippen molar-refractivity contribution in [1.82, 2.24) is 4.98 Å². The summed E-state index contributed by atoms with van der Waals surface area (Å²) in [6.07, 6.45) is 5.77. The first-order valence-corrected chi connectivity index (χ1v) is 5.60. The molecule has 2 aliphatic carbocycles. The quantitative estimate of drug-likeness (QED) is 0.696. The first kappa shape index (κ1) is 8.89. The van der Waals surface area contributed by atoms with Gasteiger partial charge in [-0.05, 0) is 37.7 Å². The van der Waals surface area contributed by atoms with Gasteiger partial charge in [0, 0.05) is 17.8 Å². The highest BCUT2D eigenvalue weighted by atomic mass is 16.1. The van der Waals surface area contributed by atoms with Crippen LogP contribution in [-0.2, 0) is 19.3 Å². The Hall–Kier alpha value is -1.38. The molecule has 1 aromatic rings. The third-order valence-corrected chi connectivity index (χ3v) is 3.46. The van der Waals surface area contributed by atoms with Gasteiger partial charge in [0.25, 0.3) is 0 Å². The van der Waals surface area contributed by atoms with Crippen molar-refractivity contribution < 1.29 is 4.79 Å². The van der Waals surface area contributed by atoms with Gasteiger partial charge in [-0.25, -0.2) is 0 Å². The van der Waals surface area contributed by atoms with Crippen molar-refractivity contribution in [1.29, 1.82) is 0 Å². The van der Waals surface area contributed by atoms with Crippen LogP contribution < -0.4 is 5.73 Å². The molecule has 0 saturated heterocycles. The average Bonchev–Trinajstić information content (AvgIpc) is 2.61. The molecule has 0 aromatic carbocycles. The van der Waals surface area contributed by atoms with Gasteiger partial charge in [0.05, 0.1) is 11.3 Å². The Morgan fingerprint density at radius 2 is 1.80 bits per heavy atom. The second-order valence-electron chi connectivity index (χ2n) is 4.40. The number of aromatic nitrogens is 1. The molecule has 0 atom stereocenters. The summed E-state index contributed by atoms with van der Waals surface area (Å²) in [6, 6.07) is 0. The Labute approximate surface area is 88.7 Å². The molecule has 0 aliphatic heterocycles. The van der Waals surface area contributed by atoms with Crippen LogP contribution in [0.2, 0.25) is 0 Å². The Morgan fingerprint density at radius 3 is 2.67 bits per heavy atom. The SMILES string of the molecule is Nc1c2c(nc3c1C(=O)CC3)CCCC2. The van der Waals surface area contributed by atoms with Crippen LogP contribution in [-0.4, -0.2) is 10.8 Å². The molecule has 2 aliphatic rings. The molecule has 0 radical (unpaired) electrons. The van der Waals surface area contributed by atoms with Crippen LogP contribution in [0, 0.1) is 0 Å². The van der Waals surface area contributed by atoms with Crippen molar-refractivity contribution in [2.24, 2.45) is 0 Å². The average molecular weight is 202 g/mol. The van der Waals surface area contributed by atoms with E-state index in [0.717, 1.165) is 47.5 Å². The Bertz CT molecular complexity index is 451. The summed E-state index contributed by atoms with van der Waals surface area (Å²) in [5.41, 5.74) is 10.8. The van der Waals surface area contributed by atoms with E-state index in [4.69, 9.17) is 5.73 Å². The lowest BCUT2D eigenvalue weighted by Crippen LogP contribution is -2.13. The zero-order valence-corrected chi connectivity index (χ0v) is 8.68. The van der Waals surface area contributed by atoms with E-state index in [2.05, 4.69) is 4.98 Å². The lowest BCUT2D eigenvalue weighted by atomic mass is 9.92. The van der Waals surface area contributed by atoms with Crippen molar-refractivity contribution in [3.63, 3.8) is 0 Å². The minimum Gasteiger partial charge on any atom is -0.398 e. The van der Waals surface area contributed by atoms with E-state index < -0.39 is 0 Å².